The molecule has 0 bridgehead atoms. The van der Waals surface area contributed by atoms with Crippen LogP contribution in [0.3, 0.4) is 0 Å². The summed E-state index contributed by atoms with van der Waals surface area (Å²) in [6, 6.07) is 11.0. The van der Waals surface area contributed by atoms with Crippen LogP contribution in [0.15, 0.2) is 48.5 Å². The highest BCUT2D eigenvalue weighted by Gasteiger charge is 2.31. The fraction of sp³-hybridized carbons (Fsp3) is 0.440. The van der Waals surface area contributed by atoms with Gasteiger partial charge in [-0.1, -0.05) is 12.1 Å². The largest absolute Gasteiger partial charge is 0.494 e. The molecule has 0 spiro atoms. The number of benzene rings is 2. The maximum atomic E-state index is 13.5. The minimum absolute atomic E-state index is 0.00127. The number of hydrogen-bond acceptors (Lipinski definition) is 5. The summed E-state index contributed by atoms with van der Waals surface area (Å²) in [4.78, 5) is 27.6. The summed E-state index contributed by atoms with van der Waals surface area (Å²) in [5, 5.41) is 2.84. The Labute approximate surface area is 207 Å². The van der Waals surface area contributed by atoms with Crippen LogP contribution in [-0.4, -0.2) is 56.1 Å². The van der Waals surface area contributed by atoms with Crippen LogP contribution in [0.2, 0.25) is 0 Å². The van der Waals surface area contributed by atoms with E-state index < -0.39 is 39.9 Å². The molecule has 192 valence electrons. The summed E-state index contributed by atoms with van der Waals surface area (Å²) in [5.74, 6) is -0.824. The molecule has 0 radical (unpaired) electrons. The second kappa shape index (κ2) is 11.5. The Kier molecular flexibility index (Phi) is 9.25. The molecule has 1 unspecified atom stereocenters. The number of anilines is 1. The number of rotatable bonds is 10. The van der Waals surface area contributed by atoms with Crippen molar-refractivity contribution in [1.29, 1.82) is 0 Å². The van der Waals surface area contributed by atoms with E-state index in [4.69, 9.17) is 4.74 Å². The van der Waals surface area contributed by atoms with Gasteiger partial charge in [0.25, 0.3) is 0 Å². The van der Waals surface area contributed by atoms with Crippen molar-refractivity contribution >= 4 is 27.5 Å². The van der Waals surface area contributed by atoms with Gasteiger partial charge in [0.1, 0.15) is 24.2 Å². The van der Waals surface area contributed by atoms with Gasteiger partial charge in [-0.15, -0.1) is 0 Å². The Balaban J connectivity index is 2.37. The van der Waals surface area contributed by atoms with E-state index in [0.717, 1.165) is 10.6 Å². The van der Waals surface area contributed by atoms with Crippen LogP contribution in [0, 0.1) is 5.82 Å². The Bertz CT molecular complexity index is 1110. The molecule has 0 saturated heterocycles. The van der Waals surface area contributed by atoms with Crippen molar-refractivity contribution in [2.45, 2.75) is 52.7 Å². The number of carbonyl (C=O) groups excluding carboxylic acids is 2. The zero-order valence-corrected chi connectivity index (χ0v) is 21.9. The first-order chi connectivity index (χ1) is 16.2. The number of sulfonamides is 1. The monoisotopic (exact) mass is 507 g/mol. The molecule has 2 amide bonds. The molecule has 0 aliphatic heterocycles. The van der Waals surface area contributed by atoms with E-state index in [2.05, 4.69) is 5.32 Å². The van der Waals surface area contributed by atoms with Gasteiger partial charge in [0.05, 0.1) is 18.6 Å². The fourth-order valence-electron chi connectivity index (χ4n) is 3.33. The summed E-state index contributed by atoms with van der Waals surface area (Å²) >= 11 is 0. The van der Waals surface area contributed by atoms with Gasteiger partial charge in [-0.3, -0.25) is 13.9 Å². The molecule has 0 aliphatic carbocycles. The molecule has 10 heteroatoms. The predicted octanol–water partition coefficient (Wildman–Crippen LogP) is 3.32. The zero-order chi connectivity index (χ0) is 26.4. The van der Waals surface area contributed by atoms with Crippen molar-refractivity contribution in [1.82, 2.24) is 10.2 Å². The third-order valence-corrected chi connectivity index (χ3v) is 6.19. The molecule has 2 aromatic rings. The van der Waals surface area contributed by atoms with Gasteiger partial charge >= 0.3 is 0 Å². The van der Waals surface area contributed by atoms with Gasteiger partial charge in [-0.05, 0) is 76.6 Å². The van der Waals surface area contributed by atoms with E-state index in [9.17, 15) is 22.4 Å². The normalized spacial score (nSPS) is 12.5. The van der Waals surface area contributed by atoms with Crippen LogP contribution in [0.4, 0.5) is 10.1 Å². The summed E-state index contributed by atoms with van der Waals surface area (Å²) in [6.45, 7) is 8.82. The quantitative estimate of drug-likeness (QED) is 0.532. The lowest BCUT2D eigenvalue weighted by atomic mass is 10.1. The number of ether oxygens (including phenoxy) is 1. The lowest BCUT2D eigenvalue weighted by Gasteiger charge is -2.33. The molecular weight excluding hydrogens is 473 g/mol. The Hall–Kier alpha value is -3.14. The minimum atomic E-state index is -3.83. The lowest BCUT2D eigenvalue weighted by Crippen LogP contribution is -2.54. The Morgan fingerprint density at radius 3 is 2.11 bits per heavy atom. The van der Waals surface area contributed by atoms with Crippen molar-refractivity contribution in [3.8, 4) is 5.75 Å². The van der Waals surface area contributed by atoms with Crippen molar-refractivity contribution < 1.29 is 27.1 Å². The molecule has 0 heterocycles. The minimum Gasteiger partial charge on any atom is -0.494 e. The van der Waals surface area contributed by atoms with E-state index in [0.29, 0.717) is 17.9 Å². The molecule has 2 aromatic carbocycles. The summed E-state index contributed by atoms with van der Waals surface area (Å²) in [5.41, 5.74) is 0.358. The van der Waals surface area contributed by atoms with E-state index in [-0.39, 0.29) is 18.1 Å². The maximum absolute atomic E-state index is 13.5. The van der Waals surface area contributed by atoms with Crippen LogP contribution in [0.5, 0.6) is 5.75 Å². The topological polar surface area (TPSA) is 96.0 Å². The standard InChI is InChI=1S/C25H34FN3O5S/c1-7-34-22-14-12-21(13-15-22)29(35(6,32)33)17-23(30)28(16-19-8-10-20(26)11-9-19)18(2)24(31)27-25(3,4)5/h8-15,18H,7,16-17H2,1-6H3,(H,27,31). The molecule has 35 heavy (non-hydrogen) atoms. The molecule has 0 saturated carbocycles. The maximum Gasteiger partial charge on any atom is 0.244 e. The molecule has 0 aromatic heterocycles. The molecule has 8 nitrogen and oxygen atoms in total. The number of nitrogens with one attached hydrogen (secondary N) is 1. The van der Waals surface area contributed by atoms with Crippen LogP contribution >= 0.6 is 0 Å². The van der Waals surface area contributed by atoms with Gasteiger partial charge in [0, 0.05) is 12.1 Å². The van der Waals surface area contributed by atoms with Gasteiger partial charge in [-0.2, -0.15) is 0 Å². The van der Waals surface area contributed by atoms with E-state index in [1.807, 2.05) is 27.7 Å². The molecule has 0 fully saturated rings. The highest BCUT2D eigenvalue weighted by Crippen LogP contribution is 2.22. The number of nitrogens with zero attached hydrogens (tertiary/aromatic N) is 2. The number of halogens is 1. The average molecular weight is 508 g/mol. The van der Waals surface area contributed by atoms with Gasteiger partial charge < -0.3 is 15.0 Å². The third kappa shape index (κ3) is 8.54. The number of hydrogen-bond donors (Lipinski definition) is 1. The predicted molar refractivity (Wildman–Crippen MR) is 134 cm³/mol. The molecule has 0 aliphatic rings. The number of carbonyl (C=O) groups is 2. The first-order valence-corrected chi connectivity index (χ1v) is 13.1. The van der Waals surface area contributed by atoms with Crippen molar-refractivity contribution in [2.24, 2.45) is 0 Å². The average Bonchev–Trinajstić information content (AvgIpc) is 2.75. The highest BCUT2D eigenvalue weighted by molar-refractivity contribution is 7.92. The van der Waals surface area contributed by atoms with Crippen LogP contribution in [-0.2, 0) is 26.2 Å². The summed E-state index contributed by atoms with van der Waals surface area (Å²) in [7, 11) is -3.83. The van der Waals surface area contributed by atoms with Gasteiger partial charge in [0.2, 0.25) is 21.8 Å². The van der Waals surface area contributed by atoms with Crippen molar-refractivity contribution in [3.05, 3.63) is 59.9 Å². The smallest absolute Gasteiger partial charge is 0.244 e. The molecule has 1 N–H and O–H groups in total. The molecular formula is C25H34FN3O5S. The van der Waals surface area contributed by atoms with E-state index >= 15 is 0 Å². The van der Waals surface area contributed by atoms with Gasteiger partial charge in [-0.25, -0.2) is 12.8 Å². The fourth-order valence-corrected chi connectivity index (χ4v) is 4.18. The van der Waals surface area contributed by atoms with Crippen LogP contribution in [0.1, 0.15) is 40.2 Å². The summed E-state index contributed by atoms with van der Waals surface area (Å²) < 4.78 is 45.0. The second-order valence-corrected chi connectivity index (χ2v) is 11.2. The Morgan fingerprint density at radius 1 is 1.06 bits per heavy atom. The van der Waals surface area contributed by atoms with Crippen LogP contribution < -0.4 is 14.4 Å². The third-order valence-electron chi connectivity index (χ3n) is 5.05. The molecule has 1 atom stereocenters. The van der Waals surface area contributed by atoms with E-state index in [1.54, 1.807) is 31.2 Å². The first kappa shape index (κ1) is 28.1. The van der Waals surface area contributed by atoms with E-state index in [1.165, 1.54) is 29.2 Å². The number of amides is 2. The highest BCUT2D eigenvalue weighted by atomic mass is 32.2. The summed E-state index contributed by atoms with van der Waals surface area (Å²) in [6.07, 6.45) is 1.01. The van der Waals surface area contributed by atoms with Crippen molar-refractivity contribution in [3.63, 3.8) is 0 Å². The van der Waals surface area contributed by atoms with Crippen molar-refractivity contribution in [2.75, 3.05) is 23.7 Å². The van der Waals surface area contributed by atoms with Gasteiger partial charge in [0.15, 0.2) is 0 Å². The SMILES string of the molecule is CCOc1ccc(N(CC(=O)N(Cc2ccc(F)cc2)C(C)C(=O)NC(C)(C)C)S(C)(=O)=O)cc1. The first-order valence-electron chi connectivity index (χ1n) is 11.3. The Morgan fingerprint density at radius 2 is 1.63 bits per heavy atom. The van der Waals surface area contributed by atoms with Crippen LogP contribution in [0.25, 0.3) is 0 Å². The lowest BCUT2D eigenvalue weighted by molar-refractivity contribution is -0.140. The zero-order valence-electron chi connectivity index (χ0n) is 21.0. The molecule has 2 rings (SSSR count). The second-order valence-electron chi connectivity index (χ2n) is 9.26.